The average Bonchev–Trinajstić information content (AvgIpc) is 3.66. The molecule has 1 saturated heterocycles. The molecule has 0 radical (unpaired) electrons. The summed E-state index contributed by atoms with van der Waals surface area (Å²) in [6, 6.07) is -1.73. The van der Waals surface area contributed by atoms with Crippen LogP contribution in [0.2, 0.25) is 0 Å². The van der Waals surface area contributed by atoms with Crippen LogP contribution in [-0.2, 0) is 19.1 Å². The van der Waals surface area contributed by atoms with E-state index < -0.39 is 23.9 Å². The molecular formula is C23H42ClN7O5. The number of amides is 4. The Morgan fingerprint density at radius 2 is 1.89 bits per heavy atom. The molecule has 1 aliphatic carbocycles. The number of ether oxygens (including phenoxy) is 1. The van der Waals surface area contributed by atoms with E-state index in [9.17, 15) is 19.2 Å². The second-order valence-electron chi connectivity index (χ2n) is 9.16. The lowest BCUT2D eigenvalue weighted by molar-refractivity contribution is -0.150. The maximum absolute atomic E-state index is 13.3. The van der Waals surface area contributed by atoms with E-state index in [0.717, 1.165) is 45.1 Å². The van der Waals surface area contributed by atoms with Gasteiger partial charge in [0.15, 0.2) is 5.96 Å². The highest BCUT2D eigenvalue weighted by atomic mass is 35.5. The minimum absolute atomic E-state index is 0. The molecule has 0 aromatic carbocycles. The lowest BCUT2D eigenvalue weighted by atomic mass is 9.98. The molecule has 2 fully saturated rings. The van der Waals surface area contributed by atoms with E-state index in [1.165, 1.54) is 4.90 Å². The van der Waals surface area contributed by atoms with Gasteiger partial charge in [-0.15, -0.1) is 12.4 Å². The van der Waals surface area contributed by atoms with Crippen LogP contribution in [0, 0.1) is 11.3 Å². The highest BCUT2D eigenvalue weighted by Crippen LogP contribution is 2.27. The number of rotatable bonds is 13. The maximum Gasteiger partial charge on any atom is 0.325 e. The first kappa shape index (κ1) is 31.3. The van der Waals surface area contributed by atoms with Gasteiger partial charge in [-0.3, -0.25) is 19.8 Å². The number of esters is 1. The number of urea groups is 1. The molecule has 1 saturated carbocycles. The molecule has 12 nitrogen and oxygen atoms in total. The topological polar surface area (TPSA) is 170 Å². The van der Waals surface area contributed by atoms with Crippen LogP contribution in [0.15, 0.2) is 0 Å². The van der Waals surface area contributed by atoms with Crippen molar-refractivity contribution in [3.8, 4) is 0 Å². The largest absolute Gasteiger partial charge is 0.465 e. The van der Waals surface area contributed by atoms with Crippen molar-refractivity contribution in [2.24, 2.45) is 11.7 Å². The Bertz CT molecular complexity index is 765. The fourth-order valence-electron chi connectivity index (χ4n) is 4.07. The SMILES string of the molecule is CCCCNC(=O)N[C@@H](CC(=O)NC[C@@H]1CCCN(C(=N)N)C1)C(=O)N(CC(=O)OCC)C1CC1.Cl. The van der Waals surface area contributed by atoms with Gasteiger partial charge in [-0.25, -0.2) is 4.79 Å². The summed E-state index contributed by atoms with van der Waals surface area (Å²) >= 11 is 0. The van der Waals surface area contributed by atoms with Gasteiger partial charge in [-0.1, -0.05) is 13.3 Å². The molecule has 36 heavy (non-hydrogen) atoms. The number of unbranched alkanes of at least 4 members (excludes halogenated alkanes) is 1. The molecule has 0 unspecified atom stereocenters. The Morgan fingerprint density at radius 1 is 1.17 bits per heavy atom. The van der Waals surface area contributed by atoms with Crippen molar-refractivity contribution in [2.45, 2.75) is 70.9 Å². The number of hydrogen-bond acceptors (Lipinski definition) is 6. The zero-order valence-electron chi connectivity index (χ0n) is 21.3. The molecule has 1 heterocycles. The van der Waals surface area contributed by atoms with E-state index in [-0.39, 0.29) is 55.8 Å². The third-order valence-corrected chi connectivity index (χ3v) is 6.13. The number of nitrogens with one attached hydrogen (secondary N) is 4. The van der Waals surface area contributed by atoms with Crippen LogP contribution in [0.3, 0.4) is 0 Å². The van der Waals surface area contributed by atoms with Crippen molar-refractivity contribution >= 4 is 42.2 Å². The molecular weight excluding hydrogens is 490 g/mol. The molecule has 1 aliphatic heterocycles. The van der Waals surface area contributed by atoms with Gasteiger partial charge >= 0.3 is 12.0 Å². The lowest BCUT2D eigenvalue weighted by Gasteiger charge is -2.33. The predicted octanol–water partition coefficient (Wildman–Crippen LogP) is 0.542. The minimum Gasteiger partial charge on any atom is -0.465 e. The first-order valence-corrected chi connectivity index (χ1v) is 12.6. The summed E-state index contributed by atoms with van der Waals surface area (Å²) in [4.78, 5) is 53.8. The summed E-state index contributed by atoms with van der Waals surface area (Å²) in [7, 11) is 0. The Labute approximate surface area is 219 Å². The number of carbonyl (C=O) groups is 4. The number of likely N-dealkylation sites (tertiary alicyclic amines) is 1. The van der Waals surface area contributed by atoms with Crippen molar-refractivity contribution in [2.75, 3.05) is 39.3 Å². The first-order valence-electron chi connectivity index (χ1n) is 12.6. The second-order valence-corrected chi connectivity index (χ2v) is 9.16. The van der Waals surface area contributed by atoms with Crippen LogP contribution in [0.5, 0.6) is 0 Å². The quantitative estimate of drug-likeness (QED) is 0.0998. The van der Waals surface area contributed by atoms with Gasteiger partial charge in [0.1, 0.15) is 12.6 Å². The smallest absolute Gasteiger partial charge is 0.325 e. The molecule has 2 aliphatic rings. The van der Waals surface area contributed by atoms with Crippen molar-refractivity contribution in [1.29, 1.82) is 5.41 Å². The molecule has 13 heteroatoms. The van der Waals surface area contributed by atoms with Gasteiger partial charge in [-0.2, -0.15) is 0 Å². The van der Waals surface area contributed by atoms with E-state index in [4.69, 9.17) is 15.9 Å². The van der Waals surface area contributed by atoms with Crippen molar-refractivity contribution in [3.63, 3.8) is 0 Å². The van der Waals surface area contributed by atoms with E-state index in [1.54, 1.807) is 11.8 Å². The molecule has 0 bridgehead atoms. The van der Waals surface area contributed by atoms with Crippen LogP contribution < -0.4 is 21.7 Å². The van der Waals surface area contributed by atoms with Crippen LogP contribution in [0.1, 0.15) is 58.8 Å². The van der Waals surface area contributed by atoms with Crippen LogP contribution >= 0.6 is 12.4 Å². The second kappa shape index (κ2) is 16.1. The summed E-state index contributed by atoms with van der Waals surface area (Å²) in [6.07, 6.45) is 4.77. The van der Waals surface area contributed by atoms with Gasteiger partial charge in [0, 0.05) is 32.2 Å². The summed E-state index contributed by atoms with van der Waals surface area (Å²) in [5.41, 5.74) is 5.59. The summed E-state index contributed by atoms with van der Waals surface area (Å²) in [5.74, 6) is -1.20. The Balaban J connectivity index is 0.00000648. The standard InChI is InChI=1S/C23H41N7O5.ClH/c1-3-5-10-26-23(34)28-18(21(33)30(17-8-9-17)15-20(32)35-4-2)12-19(31)27-13-16-7-6-11-29(14-16)22(24)25;/h16-18H,3-15H2,1-2H3,(H3,24,25)(H,27,31)(H2,26,28,34);1H/t16-,18-;/m0./s1. The number of carbonyl (C=O) groups excluding carboxylic acids is 4. The first-order chi connectivity index (χ1) is 16.7. The van der Waals surface area contributed by atoms with E-state index in [0.29, 0.717) is 19.6 Å². The predicted molar refractivity (Wildman–Crippen MR) is 138 cm³/mol. The van der Waals surface area contributed by atoms with Crippen LogP contribution in [0.25, 0.3) is 0 Å². The molecule has 6 N–H and O–H groups in total. The van der Waals surface area contributed by atoms with Crippen LogP contribution in [-0.4, -0.2) is 91.0 Å². The van der Waals surface area contributed by atoms with Gasteiger partial charge in [0.25, 0.3) is 0 Å². The molecule has 206 valence electrons. The number of guanidine groups is 1. The summed E-state index contributed by atoms with van der Waals surface area (Å²) < 4.78 is 5.00. The molecule has 4 amide bonds. The molecule has 0 aromatic heterocycles. The number of hydrogen-bond donors (Lipinski definition) is 5. The van der Waals surface area contributed by atoms with Gasteiger partial charge in [0.2, 0.25) is 11.8 Å². The van der Waals surface area contributed by atoms with Crippen molar-refractivity contribution < 1.29 is 23.9 Å². The zero-order valence-corrected chi connectivity index (χ0v) is 22.2. The molecule has 0 aromatic rings. The number of piperidine rings is 1. The van der Waals surface area contributed by atoms with E-state index in [2.05, 4.69) is 16.0 Å². The normalized spacial score (nSPS) is 17.7. The summed E-state index contributed by atoms with van der Waals surface area (Å²) in [5, 5.41) is 15.8. The zero-order chi connectivity index (χ0) is 25.8. The van der Waals surface area contributed by atoms with E-state index >= 15 is 0 Å². The maximum atomic E-state index is 13.3. The average molecular weight is 532 g/mol. The van der Waals surface area contributed by atoms with Crippen molar-refractivity contribution in [1.82, 2.24) is 25.8 Å². The highest BCUT2D eigenvalue weighted by Gasteiger charge is 2.38. The minimum atomic E-state index is -1.10. The fourth-order valence-corrected chi connectivity index (χ4v) is 4.07. The van der Waals surface area contributed by atoms with Crippen LogP contribution in [0.4, 0.5) is 4.79 Å². The Kier molecular flexibility index (Phi) is 14.0. The number of halogens is 1. The number of nitrogens with zero attached hydrogens (tertiary/aromatic N) is 2. The molecule has 2 rings (SSSR count). The lowest BCUT2D eigenvalue weighted by Crippen LogP contribution is -2.54. The monoisotopic (exact) mass is 531 g/mol. The third-order valence-electron chi connectivity index (χ3n) is 6.13. The Morgan fingerprint density at radius 3 is 2.50 bits per heavy atom. The van der Waals surface area contributed by atoms with Gasteiger partial charge < -0.3 is 36.2 Å². The third kappa shape index (κ3) is 10.9. The molecule has 2 atom stereocenters. The van der Waals surface area contributed by atoms with Gasteiger partial charge in [-0.05, 0) is 44.9 Å². The fraction of sp³-hybridized carbons (Fsp3) is 0.783. The van der Waals surface area contributed by atoms with Crippen molar-refractivity contribution in [3.05, 3.63) is 0 Å². The van der Waals surface area contributed by atoms with E-state index in [1.807, 2.05) is 6.92 Å². The summed E-state index contributed by atoms with van der Waals surface area (Å²) in [6.45, 7) is 5.85. The molecule has 0 spiro atoms. The number of nitrogens with two attached hydrogens (primary N) is 1. The Hall–Kier alpha value is -2.76. The van der Waals surface area contributed by atoms with Gasteiger partial charge in [0.05, 0.1) is 13.0 Å². The highest BCUT2D eigenvalue weighted by molar-refractivity contribution is 5.93.